The molecule has 2 aliphatic heterocycles. The van der Waals surface area contributed by atoms with Crippen LogP contribution in [0.5, 0.6) is 11.5 Å². The number of carbonyl (C=O) groups is 2. The van der Waals surface area contributed by atoms with Gasteiger partial charge in [-0.15, -0.1) is 0 Å². The molecule has 2 amide bonds. The van der Waals surface area contributed by atoms with Gasteiger partial charge in [-0.3, -0.25) is 9.59 Å². The molecule has 154 valence electrons. The van der Waals surface area contributed by atoms with Crippen LogP contribution in [-0.4, -0.2) is 41.8 Å². The molecule has 0 aliphatic carbocycles. The quantitative estimate of drug-likeness (QED) is 0.802. The van der Waals surface area contributed by atoms with Crippen LogP contribution in [0.15, 0.2) is 35.0 Å². The maximum atomic E-state index is 12.5. The van der Waals surface area contributed by atoms with Crippen molar-refractivity contribution in [3.63, 3.8) is 0 Å². The van der Waals surface area contributed by atoms with Crippen LogP contribution in [0.3, 0.4) is 0 Å². The first kappa shape index (κ1) is 19.3. The summed E-state index contributed by atoms with van der Waals surface area (Å²) in [4.78, 5) is 26.8. The number of piperidine rings is 1. The molecule has 1 saturated heterocycles. The lowest BCUT2D eigenvalue weighted by Gasteiger charge is -2.37. The lowest BCUT2D eigenvalue weighted by atomic mass is 9.81. The van der Waals surface area contributed by atoms with Gasteiger partial charge in [0.2, 0.25) is 18.5 Å². The summed E-state index contributed by atoms with van der Waals surface area (Å²) in [7, 11) is 0. The molecule has 1 N–H and O–H groups in total. The maximum absolute atomic E-state index is 12.5. The Morgan fingerprint density at radius 2 is 2.07 bits per heavy atom. The summed E-state index contributed by atoms with van der Waals surface area (Å²) >= 11 is 0. The van der Waals surface area contributed by atoms with E-state index >= 15 is 0 Å². The summed E-state index contributed by atoms with van der Waals surface area (Å²) in [6, 6.07) is 7.26. The molecule has 4 rings (SSSR count). The molecule has 1 aromatic heterocycles. The number of fused-ring (bicyclic) bond motifs is 1. The zero-order chi connectivity index (χ0) is 20.2. The molecule has 0 radical (unpaired) electrons. The standard InChI is InChI=1S/C21H25N3O5/c1-2-15-12-24(21(26)18-5-7-23-29-18)8-6-16(15)10-20(25)22-11-14-3-4-17-19(9-14)28-13-27-17/h3-5,7,9,15-16H,2,6,8,10-13H2,1H3,(H,22,25)/t15-,16+/m1/s1. The van der Waals surface area contributed by atoms with E-state index in [0.29, 0.717) is 31.8 Å². The normalized spacial score (nSPS) is 20.5. The van der Waals surface area contributed by atoms with Gasteiger partial charge in [0, 0.05) is 32.1 Å². The number of nitrogens with one attached hydrogen (secondary N) is 1. The van der Waals surface area contributed by atoms with Gasteiger partial charge in [0.25, 0.3) is 5.91 Å². The molecule has 8 nitrogen and oxygen atoms in total. The molecule has 2 aliphatic rings. The van der Waals surface area contributed by atoms with Crippen LogP contribution in [0.4, 0.5) is 0 Å². The van der Waals surface area contributed by atoms with Crippen molar-refractivity contribution in [2.75, 3.05) is 19.9 Å². The van der Waals surface area contributed by atoms with E-state index in [2.05, 4.69) is 17.4 Å². The van der Waals surface area contributed by atoms with E-state index in [9.17, 15) is 9.59 Å². The van der Waals surface area contributed by atoms with Crippen molar-refractivity contribution in [1.29, 1.82) is 0 Å². The molecule has 0 spiro atoms. The Morgan fingerprint density at radius 3 is 2.86 bits per heavy atom. The second kappa shape index (κ2) is 8.55. The highest BCUT2D eigenvalue weighted by molar-refractivity contribution is 5.91. The van der Waals surface area contributed by atoms with E-state index in [4.69, 9.17) is 14.0 Å². The molecule has 3 heterocycles. The number of rotatable bonds is 6. The van der Waals surface area contributed by atoms with Crippen molar-refractivity contribution in [2.24, 2.45) is 11.8 Å². The van der Waals surface area contributed by atoms with Crippen LogP contribution in [0.1, 0.15) is 42.3 Å². The van der Waals surface area contributed by atoms with Gasteiger partial charge in [0.1, 0.15) is 0 Å². The van der Waals surface area contributed by atoms with Crippen molar-refractivity contribution in [1.82, 2.24) is 15.4 Å². The Hall–Kier alpha value is -3.03. The Balaban J connectivity index is 1.28. The average molecular weight is 399 g/mol. The molecule has 8 heteroatoms. The first-order valence-electron chi connectivity index (χ1n) is 9.99. The first-order valence-corrected chi connectivity index (χ1v) is 9.99. The SMILES string of the molecule is CC[C@@H]1CN(C(=O)c2ccno2)CC[C@H]1CC(=O)NCc1ccc2c(c1)OCO2. The molecule has 2 atom stereocenters. The van der Waals surface area contributed by atoms with Gasteiger partial charge in [-0.1, -0.05) is 24.6 Å². The molecule has 2 aromatic rings. The Morgan fingerprint density at radius 1 is 1.21 bits per heavy atom. The zero-order valence-corrected chi connectivity index (χ0v) is 16.4. The number of nitrogens with zero attached hydrogens (tertiary/aromatic N) is 2. The number of carbonyl (C=O) groups excluding carboxylic acids is 2. The van der Waals surface area contributed by atoms with E-state index in [1.54, 1.807) is 11.0 Å². The van der Waals surface area contributed by atoms with Crippen molar-refractivity contribution >= 4 is 11.8 Å². The Kier molecular flexibility index (Phi) is 5.69. The third-order valence-electron chi connectivity index (χ3n) is 5.73. The molecular formula is C21H25N3O5. The van der Waals surface area contributed by atoms with Crippen LogP contribution in [0.25, 0.3) is 0 Å². The smallest absolute Gasteiger partial charge is 0.292 e. The molecule has 0 bridgehead atoms. The van der Waals surface area contributed by atoms with E-state index in [-0.39, 0.29) is 36.2 Å². The van der Waals surface area contributed by atoms with Gasteiger partial charge < -0.3 is 24.2 Å². The summed E-state index contributed by atoms with van der Waals surface area (Å²) in [5.41, 5.74) is 0.974. The minimum atomic E-state index is -0.133. The predicted octanol–water partition coefficient (Wildman–Crippen LogP) is 2.60. The van der Waals surface area contributed by atoms with Gasteiger partial charge in [-0.25, -0.2) is 0 Å². The van der Waals surface area contributed by atoms with E-state index in [0.717, 1.165) is 24.2 Å². The molecule has 0 saturated carbocycles. The van der Waals surface area contributed by atoms with Crippen LogP contribution in [-0.2, 0) is 11.3 Å². The average Bonchev–Trinajstić information content (AvgIpc) is 3.43. The number of ether oxygens (including phenoxy) is 2. The van der Waals surface area contributed by atoms with E-state index < -0.39 is 0 Å². The highest BCUT2D eigenvalue weighted by Crippen LogP contribution is 2.33. The number of amides is 2. The largest absolute Gasteiger partial charge is 0.454 e. The number of benzene rings is 1. The molecular weight excluding hydrogens is 374 g/mol. The van der Waals surface area contributed by atoms with Crippen molar-refractivity contribution in [3.8, 4) is 11.5 Å². The fourth-order valence-corrected chi connectivity index (χ4v) is 4.04. The van der Waals surface area contributed by atoms with Gasteiger partial charge in [0.05, 0.1) is 6.20 Å². The maximum Gasteiger partial charge on any atom is 0.292 e. The van der Waals surface area contributed by atoms with Crippen molar-refractivity contribution in [3.05, 3.63) is 41.8 Å². The molecule has 29 heavy (non-hydrogen) atoms. The van der Waals surface area contributed by atoms with Crippen LogP contribution in [0.2, 0.25) is 0 Å². The van der Waals surface area contributed by atoms with Crippen LogP contribution in [0, 0.1) is 11.8 Å². The number of likely N-dealkylation sites (tertiary alicyclic amines) is 1. The van der Waals surface area contributed by atoms with Gasteiger partial charge in [-0.2, -0.15) is 0 Å². The summed E-state index contributed by atoms with van der Waals surface area (Å²) < 4.78 is 15.7. The highest BCUT2D eigenvalue weighted by Gasteiger charge is 2.33. The number of hydrogen-bond donors (Lipinski definition) is 1. The van der Waals surface area contributed by atoms with Gasteiger partial charge in [-0.05, 0) is 36.0 Å². The fraction of sp³-hybridized carbons (Fsp3) is 0.476. The van der Waals surface area contributed by atoms with Gasteiger partial charge in [0.15, 0.2) is 11.5 Å². The lowest BCUT2D eigenvalue weighted by molar-refractivity contribution is -0.123. The second-order valence-corrected chi connectivity index (χ2v) is 7.51. The minimum Gasteiger partial charge on any atom is -0.454 e. The van der Waals surface area contributed by atoms with Crippen molar-refractivity contribution in [2.45, 2.75) is 32.7 Å². The van der Waals surface area contributed by atoms with E-state index in [1.165, 1.54) is 6.20 Å². The Bertz CT molecular complexity index is 867. The number of aromatic nitrogens is 1. The zero-order valence-electron chi connectivity index (χ0n) is 16.4. The lowest BCUT2D eigenvalue weighted by Crippen LogP contribution is -2.44. The molecule has 1 aromatic carbocycles. The predicted molar refractivity (Wildman–Crippen MR) is 103 cm³/mol. The first-order chi connectivity index (χ1) is 14.1. The molecule has 0 unspecified atom stereocenters. The van der Waals surface area contributed by atoms with Crippen LogP contribution >= 0.6 is 0 Å². The summed E-state index contributed by atoms with van der Waals surface area (Å²) in [5, 5.41) is 6.61. The van der Waals surface area contributed by atoms with Crippen molar-refractivity contribution < 1.29 is 23.6 Å². The monoisotopic (exact) mass is 399 g/mol. The fourth-order valence-electron chi connectivity index (χ4n) is 4.04. The summed E-state index contributed by atoms with van der Waals surface area (Å²) in [6.07, 6.45) is 3.66. The van der Waals surface area contributed by atoms with Gasteiger partial charge >= 0.3 is 0 Å². The third-order valence-corrected chi connectivity index (χ3v) is 5.73. The van der Waals surface area contributed by atoms with E-state index in [1.807, 2.05) is 18.2 Å². The topological polar surface area (TPSA) is 93.9 Å². The highest BCUT2D eigenvalue weighted by atomic mass is 16.7. The third kappa shape index (κ3) is 4.36. The summed E-state index contributed by atoms with van der Waals surface area (Å²) in [6.45, 7) is 4.05. The minimum absolute atomic E-state index is 0.0288. The Labute approximate surface area is 169 Å². The molecule has 1 fully saturated rings. The summed E-state index contributed by atoms with van der Waals surface area (Å²) in [5.74, 6) is 2.15. The second-order valence-electron chi connectivity index (χ2n) is 7.51. The number of hydrogen-bond acceptors (Lipinski definition) is 6. The van der Waals surface area contributed by atoms with Crippen LogP contribution < -0.4 is 14.8 Å².